The smallest absolute Gasteiger partial charge is 0.163 e. The number of halogens is 1. The van der Waals surface area contributed by atoms with Crippen LogP contribution < -0.4 is 5.32 Å². The van der Waals surface area contributed by atoms with Crippen molar-refractivity contribution in [1.82, 2.24) is 5.32 Å². The molecule has 1 aliphatic carbocycles. The number of ketones is 1. The van der Waals surface area contributed by atoms with Gasteiger partial charge >= 0.3 is 0 Å². The maximum atomic E-state index is 11.7. The zero-order valence-electron chi connectivity index (χ0n) is 9.53. The van der Waals surface area contributed by atoms with Crippen LogP contribution in [0.2, 0.25) is 0 Å². The lowest BCUT2D eigenvalue weighted by Gasteiger charge is -2.24. The number of rotatable bonds is 3. The van der Waals surface area contributed by atoms with Gasteiger partial charge in [0.1, 0.15) is 0 Å². The summed E-state index contributed by atoms with van der Waals surface area (Å²) in [6, 6.07) is 8.05. The number of fused-ring (bicyclic) bond motifs is 1. The molecule has 1 unspecified atom stereocenters. The fraction of sp³-hybridized carbons (Fsp3) is 0.462. The van der Waals surface area contributed by atoms with Crippen LogP contribution in [0, 0.1) is 0 Å². The normalized spacial score (nSPS) is 18.8. The van der Waals surface area contributed by atoms with Gasteiger partial charge in [0, 0.05) is 12.0 Å². The second-order valence-corrected chi connectivity index (χ2v) is 4.14. The zero-order chi connectivity index (χ0) is 10.7. The van der Waals surface area contributed by atoms with Gasteiger partial charge in [0.25, 0.3) is 0 Å². The van der Waals surface area contributed by atoms with Crippen LogP contribution in [0.1, 0.15) is 41.1 Å². The maximum Gasteiger partial charge on any atom is 0.163 e. The van der Waals surface area contributed by atoms with E-state index < -0.39 is 0 Å². The molecule has 1 aromatic carbocycles. The molecule has 88 valence electrons. The third-order valence-corrected chi connectivity index (χ3v) is 3.16. The topological polar surface area (TPSA) is 29.1 Å². The van der Waals surface area contributed by atoms with E-state index in [9.17, 15) is 4.79 Å². The Morgan fingerprint density at radius 3 is 2.88 bits per heavy atom. The Balaban J connectivity index is 0.00000128. The summed E-state index contributed by atoms with van der Waals surface area (Å²) in [5, 5.41) is 3.17. The van der Waals surface area contributed by atoms with Gasteiger partial charge in [0.05, 0.1) is 0 Å². The van der Waals surface area contributed by atoms with E-state index in [4.69, 9.17) is 0 Å². The molecule has 0 saturated heterocycles. The number of hydrogen-bond acceptors (Lipinski definition) is 2. The summed E-state index contributed by atoms with van der Waals surface area (Å²) in [4.78, 5) is 11.7. The van der Waals surface area contributed by atoms with E-state index in [1.54, 1.807) is 0 Å². The molecule has 0 aromatic heterocycles. The minimum absolute atomic E-state index is 0. The Labute approximate surface area is 103 Å². The van der Waals surface area contributed by atoms with Crippen LogP contribution >= 0.6 is 12.4 Å². The van der Waals surface area contributed by atoms with Gasteiger partial charge in [-0.1, -0.05) is 24.3 Å². The van der Waals surface area contributed by atoms with Crippen molar-refractivity contribution in [3.8, 4) is 0 Å². The van der Waals surface area contributed by atoms with Gasteiger partial charge < -0.3 is 5.32 Å². The molecule has 0 saturated carbocycles. The Hall–Kier alpha value is -0.860. The maximum absolute atomic E-state index is 11.7. The lowest BCUT2D eigenvalue weighted by Crippen LogP contribution is -2.19. The van der Waals surface area contributed by atoms with Crippen molar-refractivity contribution in [2.24, 2.45) is 0 Å². The third kappa shape index (κ3) is 2.63. The Morgan fingerprint density at radius 1 is 1.38 bits per heavy atom. The van der Waals surface area contributed by atoms with Gasteiger partial charge in [-0.25, -0.2) is 0 Å². The monoisotopic (exact) mass is 239 g/mol. The van der Waals surface area contributed by atoms with Crippen molar-refractivity contribution in [2.45, 2.75) is 25.2 Å². The fourth-order valence-electron chi connectivity index (χ4n) is 2.32. The van der Waals surface area contributed by atoms with Crippen molar-refractivity contribution in [2.75, 3.05) is 13.6 Å². The largest absolute Gasteiger partial charge is 0.320 e. The molecule has 0 fully saturated rings. The van der Waals surface area contributed by atoms with Crippen molar-refractivity contribution >= 4 is 18.2 Å². The Bertz CT molecular complexity index is 365. The van der Waals surface area contributed by atoms with E-state index in [1.807, 2.05) is 25.2 Å². The molecule has 2 nitrogen and oxygen atoms in total. The number of carbonyl (C=O) groups excluding carboxylic acids is 1. The predicted octanol–water partition coefficient (Wildman–Crippen LogP) is 2.78. The molecule has 0 amide bonds. The summed E-state index contributed by atoms with van der Waals surface area (Å²) < 4.78 is 0. The third-order valence-electron chi connectivity index (χ3n) is 3.16. The van der Waals surface area contributed by atoms with Crippen LogP contribution in [0.3, 0.4) is 0 Å². The Kier molecular flexibility index (Phi) is 4.97. The fourth-order valence-corrected chi connectivity index (χ4v) is 2.32. The highest BCUT2D eigenvalue weighted by Gasteiger charge is 2.24. The standard InChI is InChI=1S/C13H17NO.ClH/c1-14-9-8-10-6-7-13(15)12-5-3-2-4-11(10)12;/h2-5,10,14H,6-9H2,1H3;1H. The van der Waals surface area contributed by atoms with Crippen LogP contribution in [-0.2, 0) is 0 Å². The van der Waals surface area contributed by atoms with Crippen LogP contribution in [0.4, 0.5) is 0 Å². The van der Waals surface area contributed by atoms with Crippen molar-refractivity contribution in [1.29, 1.82) is 0 Å². The molecule has 0 aliphatic heterocycles. The molecule has 1 atom stereocenters. The highest BCUT2D eigenvalue weighted by atomic mass is 35.5. The second-order valence-electron chi connectivity index (χ2n) is 4.14. The lowest BCUT2D eigenvalue weighted by molar-refractivity contribution is 0.0966. The van der Waals surface area contributed by atoms with Gasteiger partial charge in [0.2, 0.25) is 0 Å². The molecule has 16 heavy (non-hydrogen) atoms. The first-order valence-corrected chi connectivity index (χ1v) is 5.59. The first kappa shape index (κ1) is 13.2. The van der Waals surface area contributed by atoms with Crippen molar-refractivity contribution < 1.29 is 4.79 Å². The summed E-state index contributed by atoms with van der Waals surface area (Å²) in [6.45, 7) is 1.02. The van der Waals surface area contributed by atoms with E-state index >= 15 is 0 Å². The highest BCUT2D eigenvalue weighted by Crippen LogP contribution is 2.33. The molecule has 0 heterocycles. The summed E-state index contributed by atoms with van der Waals surface area (Å²) in [5.41, 5.74) is 2.20. The van der Waals surface area contributed by atoms with E-state index in [1.165, 1.54) is 5.56 Å². The highest BCUT2D eigenvalue weighted by molar-refractivity contribution is 5.98. The van der Waals surface area contributed by atoms with Gasteiger partial charge in [-0.05, 0) is 37.9 Å². The molecular weight excluding hydrogens is 222 g/mol. The molecule has 0 spiro atoms. The first-order chi connectivity index (χ1) is 7.33. The molecular formula is C13H18ClNO. The number of benzene rings is 1. The zero-order valence-corrected chi connectivity index (χ0v) is 10.3. The van der Waals surface area contributed by atoms with E-state index in [0.29, 0.717) is 18.1 Å². The van der Waals surface area contributed by atoms with E-state index in [2.05, 4.69) is 11.4 Å². The van der Waals surface area contributed by atoms with Crippen LogP contribution in [0.25, 0.3) is 0 Å². The van der Waals surface area contributed by atoms with Crippen LogP contribution in [-0.4, -0.2) is 19.4 Å². The summed E-state index contributed by atoms with van der Waals surface area (Å²) >= 11 is 0. The van der Waals surface area contributed by atoms with Gasteiger partial charge in [-0.2, -0.15) is 0 Å². The second kappa shape index (κ2) is 6.02. The van der Waals surface area contributed by atoms with Crippen LogP contribution in [0.5, 0.6) is 0 Å². The predicted molar refractivity (Wildman–Crippen MR) is 68.5 cm³/mol. The average molecular weight is 240 g/mol. The van der Waals surface area contributed by atoms with Gasteiger partial charge in [0.15, 0.2) is 5.78 Å². The summed E-state index contributed by atoms with van der Waals surface area (Å²) in [7, 11) is 1.97. The quantitative estimate of drug-likeness (QED) is 0.879. The van der Waals surface area contributed by atoms with Crippen molar-refractivity contribution in [3.05, 3.63) is 35.4 Å². The SMILES string of the molecule is CNCCC1CCC(=O)c2ccccc21.Cl. The molecule has 0 bridgehead atoms. The van der Waals surface area contributed by atoms with E-state index in [-0.39, 0.29) is 12.4 Å². The first-order valence-electron chi connectivity index (χ1n) is 5.59. The number of nitrogens with one attached hydrogen (secondary N) is 1. The molecule has 1 aromatic rings. The summed E-state index contributed by atoms with van der Waals surface area (Å²) in [5.74, 6) is 0.873. The minimum atomic E-state index is 0. The Morgan fingerprint density at radius 2 is 2.12 bits per heavy atom. The number of carbonyl (C=O) groups is 1. The average Bonchev–Trinajstić information content (AvgIpc) is 2.29. The van der Waals surface area contributed by atoms with E-state index in [0.717, 1.165) is 24.9 Å². The van der Waals surface area contributed by atoms with Crippen molar-refractivity contribution in [3.63, 3.8) is 0 Å². The minimum Gasteiger partial charge on any atom is -0.320 e. The molecule has 2 rings (SSSR count). The summed E-state index contributed by atoms with van der Waals surface area (Å²) in [6.07, 6.45) is 2.85. The molecule has 3 heteroatoms. The van der Waals surface area contributed by atoms with Crippen LogP contribution in [0.15, 0.2) is 24.3 Å². The number of Topliss-reactive ketones (excluding diaryl/α,β-unsaturated/α-hetero) is 1. The number of hydrogen-bond donors (Lipinski definition) is 1. The molecule has 1 aliphatic rings. The molecule has 0 radical (unpaired) electrons. The van der Waals surface area contributed by atoms with Gasteiger partial charge in [-0.15, -0.1) is 12.4 Å². The van der Waals surface area contributed by atoms with Gasteiger partial charge in [-0.3, -0.25) is 4.79 Å². The molecule has 1 N–H and O–H groups in total. The lowest BCUT2D eigenvalue weighted by atomic mass is 9.80.